The summed E-state index contributed by atoms with van der Waals surface area (Å²) in [6.07, 6.45) is 2.33. The molecule has 0 fully saturated rings. The first kappa shape index (κ1) is 16.3. The molecule has 1 amide bonds. The van der Waals surface area contributed by atoms with Crippen LogP contribution in [0.5, 0.6) is 0 Å². The van der Waals surface area contributed by atoms with Crippen molar-refractivity contribution in [2.24, 2.45) is 0 Å². The maximum absolute atomic E-state index is 12.3. The molecule has 6 heteroatoms. The van der Waals surface area contributed by atoms with Crippen LogP contribution in [0.15, 0.2) is 18.2 Å². The SMILES string of the molecule is Cc1[nH]c(C=C2C(=O)Nc3ccc(Cl)cc32)c(C)c1CCC(=O)O. The van der Waals surface area contributed by atoms with Gasteiger partial charge in [0, 0.05) is 34.1 Å². The van der Waals surface area contributed by atoms with E-state index in [2.05, 4.69) is 10.3 Å². The van der Waals surface area contributed by atoms with Crippen molar-refractivity contribution < 1.29 is 14.7 Å². The number of aromatic amines is 1. The maximum Gasteiger partial charge on any atom is 0.303 e. The van der Waals surface area contributed by atoms with Crippen LogP contribution in [-0.2, 0) is 16.0 Å². The Morgan fingerprint density at radius 3 is 2.79 bits per heavy atom. The van der Waals surface area contributed by atoms with Crippen molar-refractivity contribution in [1.29, 1.82) is 0 Å². The summed E-state index contributed by atoms with van der Waals surface area (Å²) in [4.78, 5) is 26.3. The number of aryl methyl sites for hydroxylation is 1. The van der Waals surface area contributed by atoms with E-state index >= 15 is 0 Å². The van der Waals surface area contributed by atoms with E-state index in [1.165, 1.54) is 0 Å². The van der Waals surface area contributed by atoms with Crippen molar-refractivity contribution in [2.75, 3.05) is 5.32 Å². The van der Waals surface area contributed by atoms with Crippen LogP contribution in [0.1, 0.15) is 34.5 Å². The molecule has 3 rings (SSSR count). The topological polar surface area (TPSA) is 82.2 Å². The highest BCUT2D eigenvalue weighted by Crippen LogP contribution is 2.35. The van der Waals surface area contributed by atoms with Gasteiger partial charge in [0.2, 0.25) is 0 Å². The van der Waals surface area contributed by atoms with Crippen LogP contribution in [0.25, 0.3) is 11.6 Å². The lowest BCUT2D eigenvalue weighted by atomic mass is 10.0. The number of carboxylic acids is 1. The largest absolute Gasteiger partial charge is 0.481 e. The van der Waals surface area contributed by atoms with E-state index in [1.807, 2.05) is 13.8 Å². The molecule has 1 aliphatic heterocycles. The smallest absolute Gasteiger partial charge is 0.303 e. The summed E-state index contributed by atoms with van der Waals surface area (Å²) in [7, 11) is 0. The minimum atomic E-state index is -0.825. The molecular formula is C18H17ClN2O3. The molecule has 0 unspecified atom stereocenters. The zero-order valence-corrected chi connectivity index (χ0v) is 14.1. The van der Waals surface area contributed by atoms with Crippen LogP contribution in [0.4, 0.5) is 5.69 Å². The minimum absolute atomic E-state index is 0.0778. The molecule has 2 aromatic rings. The van der Waals surface area contributed by atoms with Crippen LogP contribution in [-0.4, -0.2) is 22.0 Å². The number of benzene rings is 1. The zero-order chi connectivity index (χ0) is 17.4. The van der Waals surface area contributed by atoms with Crippen LogP contribution in [0.3, 0.4) is 0 Å². The van der Waals surface area contributed by atoms with Gasteiger partial charge in [-0.25, -0.2) is 0 Å². The van der Waals surface area contributed by atoms with Crippen molar-refractivity contribution in [1.82, 2.24) is 4.98 Å². The fourth-order valence-corrected chi connectivity index (χ4v) is 3.19. The maximum atomic E-state index is 12.3. The second-order valence-electron chi connectivity index (χ2n) is 5.86. The van der Waals surface area contributed by atoms with Crippen molar-refractivity contribution in [3.05, 3.63) is 51.3 Å². The number of amides is 1. The van der Waals surface area contributed by atoms with Gasteiger partial charge in [0.1, 0.15) is 0 Å². The Hall–Kier alpha value is -2.53. The molecule has 0 bridgehead atoms. The van der Waals surface area contributed by atoms with Gasteiger partial charge in [-0.2, -0.15) is 0 Å². The lowest BCUT2D eigenvalue weighted by Crippen LogP contribution is -2.03. The number of hydrogen-bond acceptors (Lipinski definition) is 2. The van der Waals surface area contributed by atoms with Crippen LogP contribution < -0.4 is 5.32 Å². The molecule has 1 aromatic heterocycles. The van der Waals surface area contributed by atoms with Crippen LogP contribution >= 0.6 is 11.6 Å². The Labute approximate surface area is 144 Å². The van der Waals surface area contributed by atoms with E-state index in [0.29, 0.717) is 17.0 Å². The van der Waals surface area contributed by atoms with Gasteiger partial charge in [-0.05, 0) is 55.7 Å². The number of aromatic nitrogens is 1. The van der Waals surface area contributed by atoms with Gasteiger partial charge in [0.25, 0.3) is 5.91 Å². The van der Waals surface area contributed by atoms with E-state index in [4.69, 9.17) is 16.7 Å². The third-order valence-electron chi connectivity index (χ3n) is 4.27. The highest BCUT2D eigenvalue weighted by atomic mass is 35.5. The Morgan fingerprint density at radius 1 is 1.33 bits per heavy atom. The zero-order valence-electron chi connectivity index (χ0n) is 13.4. The number of hydrogen-bond donors (Lipinski definition) is 3. The van der Waals surface area contributed by atoms with E-state index in [-0.39, 0.29) is 12.3 Å². The molecular weight excluding hydrogens is 328 g/mol. The Balaban J connectivity index is 2.01. The number of fused-ring (bicyclic) bond motifs is 1. The highest BCUT2D eigenvalue weighted by molar-refractivity contribution is 6.36. The number of H-pyrrole nitrogens is 1. The van der Waals surface area contributed by atoms with Gasteiger partial charge in [-0.3, -0.25) is 9.59 Å². The molecule has 0 radical (unpaired) electrons. The number of anilines is 1. The highest BCUT2D eigenvalue weighted by Gasteiger charge is 2.25. The Kier molecular flexibility index (Phi) is 4.20. The number of carbonyl (C=O) groups is 2. The van der Waals surface area contributed by atoms with Crippen molar-refractivity contribution in [2.45, 2.75) is 26.7 Å². The first-order valence-corrected chi connectivity index (χ1v) is 7.97. The van der Waals surface area contributed by atoms with Gasteiger partial charge in [-0.1, -0.05) is 11.6 Å². The third kappa shape index (κ3) is 2.95. The Morgan fingerprint density at radius 2 is 2.08 bits per heavy atom. The summed E-state index contributed by atoms with van der Waals surface area (Å²) in [5.41, 5.74) is 5.73. The van der Waals surface area contributed by atoms with Gasteiger partial charge in [0.05, 0.1) is 5.57 Å². The van der Waals surface area contributed by atoms with Crippen LogP contribution in [0, 0.1) is 13.8 Å². The van der Waals surface area contributed by atoms with E-state index in [0.717, 1.165) is 33.8 Å². The number of nitrogens with one attached hydrogen (secondary N) is 2. The lowest BCUT2D eigenvalue weighted by Gasteiger charge is -2.01. The molecule has 0 spiro atoms. The number of aliphatic carboxylic acids is 1. The molecule has 0 saturated heterocycles. The van der Waals surface area contributed by atoms with Crippen molar-refractivity contribution >= 4 is 40.8 Å². The van der Waals surface area contributed by atoms with Crippen molar-refractivity contribution in [3.63, 3.8) is 0 Å². The molecule has 1 aromatic carbocycles. The van der Waals surface area contributed by atoms with Crippen LogP contribution in [0.2, 0.25) is 5.02 Å². The molecule has 0 aliphatic carbocycles. The summed E-state index contributed by atoms with van der Waals surface area (Å²) < 4.78 is 0. The summed E-state index contributed by atoms with van der Waals surface area (Å²) in [5.74, 6) is -1.00. The number of carbonyl (C=O) groups excluding carboxylic acids is 1. The fourth-order valence-electron chi connectivity index (χ4n) is 3.01. The first-order valence-electron chi connectivity index (χ1n) is 7.59. The predicted molar refractivity (Wildman–Crippen MR) is 94.2 cm³/mol. The van der Waals surface area contributed by atoms with E-state index in [9.17, 15) is 9.59 Å². The standard InChI is InChI=1S/C18H17ClN2O3/c1-9-12(4-6-17(22)23)10(2)20-16(9)8-14-13-7-11(19)3-5-15(13)21-18(14)24/h3,5,7-8,20H,4,6H2,1-2H3,(H,21,24)(H,22,23). The normalized spacial score (nSPS) is 14.8. The van der Waals surface area contributed by atoms with Gasteiger partial charge in [0.15, 0.2) is 0 Å². The average molecular weight is 345 g/mol. The molecule has 0 saturated carbocycles. The second-order valence-corrected chi connectivity index (χ2v) is 6.30. The predicted octanol–water partition coefficient (Wildman–Crippen LogP) is 3.79. The molecule has 1 aliphatic rings. The quantitative estimate of drug-likeness (QED) is 0.738. The fraction of sp³-hybridized carbons (Fsp3) is 0.222. The molecule has 124 valence electrons. The summed E-state index contributed by atoms with van der Waals surface area (Å²) in [6.45, 7) is 3.84. The van der Waals surface area contributed by atoms with E-state index < -0.39 is 5.97 Å². The van der Waals surface area contributed by atoms with E-state index in [1.54, 1.807) is 24.3 Å². The monoisotopic (exact) mass is 344 g/mol. The Bertz CT molecular complexity index is 881. The average Bonchev–Trinajstić information content (AvgIpc) is 2.95. The van der Waals surface area contributed by atoms with Gasteiger partial charge < -0.3 is 15.4 Å². The third-order valence-corrected chi connectivity index (χ3v) is 4.51. The summed E-state index contributed by atoms with van der Waals surface area (Å²) in [5, 5.41) is 12.3. The minimum Gasteiger partial charge on any atom is -0.481 e. The summed E-state index contributed by atoms with van der Waals surface area (Å²) >= 11 is 6.04. The molecule has 5 nitrogen and oxygen atoms in total. The molecule has 2 heterocycles. The molecule has 24 heavy (non-hydrogen) atoms. The van der Waals surface area contributed by atoms with Gasteiger partial charge >= 0.3 is 5.97 Å². The number of halogens is 1. The second kappa shape index (κ2) is 6.17. The van der Waals surface area contributed by atoms with Crippen molar-refractivity contribution in [3.8, 4) is 0 Å². The number of rotatable bonds is 4. The number of carboxylic acid groups (broad SMARTS) is 1. The first-order chi connectivity index (χ1) is 11.4. The molecule has 3 N–H and O–H groups in total. The summed E-state index contributed by atoms with van der Waals surface area (Å²) in [6, 6.07) is 5.27. The molecule has 0 atom stereocenters. The van der Waals surface area contributed by atoms with Gasteiger partial charge in [-0.15, -0.1) is 0 Å². The lowest BCUT2D eigenvalue weighted by molar-refractivity contribution is -0.137.